The van der Waals surface area contributed by atoms with Crippen LogP contribution in [0, 0.1) is 19.5 Å². The number of benzene rings is 1. The molecule has 0 radical (unpaired) electrons. The summed E-state index contributed by atoms with van der Waals surface area (Å²) in [6, 6.07) is 7.00. The zero-order valence-electron chi connectivity index (χ0n) is 6.70. The van der Waals surface area contributed by atoms with Crippen molar-refractivity contribution in [1.82, 2.24) is 0 Å². The molecular weight excluding hydrogens is 152 g/mol. The van der Waals surface area contributed by atoms with Crippen molar-refractivity contribution in [2.24, 2.45) is 0 Å². The predicted molar refractivity (Wildman–Crippen MR) is 47.5 cm³/mol. The number of terminal acetylenes is 1. The Balaban J connectivity index is 0.00000144. The van der Waals surface area contributed by atoms with Gasteiger partial charge in [-0.25, -0.2) is 4.79 Å². The predicted octanol–water partition coefficient (Wildman–Crippen LogP) is 1.99. The highest BCUT2D eigenvalue weighted by molar-refractivity contribution is 5.90. The summed E-state index contributed by atoms with van der Waals surface area (Å²) in [6.45, 7) is 1.94. The van der Waals surface area contributed by atoms with E-state index in [9.17, 15) is 4.79 Å². The van der Waals surface area contributed by atoms with E-state index in [2.05, 4.69) is 4.74 Å². The quantitative estimate of drug-likeness (QED) is 0.466. The Bertz CT molecular complexity index is 322. The average molecular weight is 162 g/mol. The van der Waals surface area contributed by atoms with Crippen LogP contribution in [0.1, 0.15) is 17.3 Å². The number of esters is 1. The molecule has 0 aliphatic heterocycles. The first-order valence-electron chi connectivity index (χ1n) is 3.47. The molecule has 0 fully saturated rings. The van der Waals surface area contributed by atoms with Crippen molar-refractivity contribution in [1.29, 1.82) is 0 Å². The minimum Gasteiger partial charge on any atom is -0.369 e. The van der Waals surface area contributed by atoms with Crippen LogP contribution >= 0.6 is 0 Å². The van der Waals surface area contributed by atoms with Crippen LogP contribution in [0.3, 0.4) is 0 Å². The summed E-state index contributed by atoms with van der Waals surface area (Å²) in [4.78, 5) is 11.0. The van der Waals surface area contributed by atoms with E-state index in [0.29, 0.717) is 5.56 Å². The molecule has 12 heavy (non-hydrogen) atoms. The van der Waals surface area contributed by atoms with Gasteiger partial charge in [-0.2, -0.15) is 0 Å². The molecule has 0 saturated carbocycles. The Hall–Kier alpha value is -1.75. The fourth-order valence-electron chi connectivity index (χ4n) is 0.802. The first kappa shape index (κ1) is 8.35. The molecule has 2 nitrogen and oxygen atoms in total. The fourth-order valence-corrected chi connectivity index (χ4v) is 0.802. The molecule has 0 unspecified atom stereocenters. The third-order valence-corrected chi connectivity index (χ3v) is 1.44. The Morgan fingerprint density at radius 3 is 2.58 bits per heavy atom. The van der Waals surface area contributed by atoms with Crippen LogP contribution in [0.4, 0.5) is 0 Å². The van der Waals surface area contributed by atoms with Gasteiger partial charge in [-0.15, -0.1) is 0 Å². The molecule has 0 aliphatic rings. The number of carbonyl (C=O) groups is 1. The van der Waals surface area contributed by atoms with Gasteiger partial charge in [0.2, 0.25) is 0 Å². The molecule has 0 amide bonds. The normalized spacial score (nSPS) is 8.67. The molecule has 0 saturated heterocycles. The molecule has 0 atom stereocenters. The van der Waals surface area contributed by atoms with Crippen molar-refractivity contribution in [3.05, 3.63) is 35.4 Å². The zero-order valence-corrected chi connectivity index (χ0v) is 6.70. The van der Waals surface area contributed by atoms with E-state index in [4.69, 9.17) is 6.42 Å². The molecule has 2 heteroatoms. The van der Waals surface area contributed by atoms with Crippen molar-refractivity contribution in [2.45, 2.75) is 6.92 Å². The summed E-state index contributed by atoms with van der Waals surface area (Å²) in [5, 5.41) is 0. The number of rotatable bonds is 1. The molecule has 0 aliphatic carbocycles. The smallest absolute Gasteiger partial charge is 0.352 e. The molecule has 1 aromatic rings. The van der Waals surface area contributed by atoms with Gasteiger partial charge in [-0.1, -0.05) is 24.1 Å². The van der Waals surface area contributed by atoms with Gasteiger partial charge in [0.05, 0.1) is 5.56 Å². The van der Waals surface area contributed by atoms with Crippen molar-refractivity contribution >= 4 is 5.97 Å². The summed E-state index contributed by atoms with van der Waals surface area (Å²) in [7, 11) is 0. The second kappa shape index (κ2) is 3.59. The number of ether oxygens (including phenoxy) is 1. The topological polar surface area (TPSA) is 26.3 Å². The van der Waals surface area contributed by atoms with E-state index in [1.54, 1.807) is 12.1 Å². The molecule has 0 spiro atoms. The maximum atomic E-state index is 11.0. The van der Waals surface area contributed by atoms with Crippen LogP contribution in [0.15, 0.2) is 24.3 Å². The lowest BCUT2D eigenvalue weighted by atomic mass is 10.2. The van der Waals surface area contributed by atoms with Gasteiger partial charge in [-0.05, 0) is 19.1 Å². The standard InChI is InChI=1S/C10H8O2.H2/c1-3-12-10(11)9-6-4-8(2)5-7-9;/h1,4-7H,2H3;1H. The van der Waals surface area contributed by atoms with E-state index in [0.717, 1.165) is 5.56 Å². The second-order valence-electron chi connectivity index (χ2n) is 2.37. The number of aryl methyl sites for hydroxylation is 1. The lowest BCUT2D eigenvalue weighted by molar-refractivity contribution is 0.0691. The van der Waals surface area contributed by atoms with Crippen molar-refractivity contribution < 1.29 is 11.0 Å². The van der Waals surface area contributed by atoms with E-state index < -0.39 is 5.97 Å². The summed E-state index contributed by atoms with van der Waals surface area (Å²) < 4.78 is 4.36. The minimum absolute atomic E-state index is 0. The SMILES string of the molecule is C#COC(=O)c1ccc(C)cc1.[HH]. The van der Waals surface area contributed by atoms with E-state index in [1.807, 2.05) is 25.2 Å². The number of hydrogen-bond donors (Lipinski definition) is 0. The highest BCUT2D eigenvalue weighted by atomic mass is 16.5. The third-order valence-electron chi connectivity index (χ3n) is 1.44. The van der Waals surface area contributed by atoms with Crippen molar-refractivity contribution in [3.63, 3.8) is 0 Å². The van der Waals surface area contributed by atoms with Gasteiger partial charge < -0.3 is 4.74 Å². The fraction of sp³-hybridized carbons (Fsp3) is 0.100. The summed E-state index contributed by atoms with van der Waals surface area (Å²) in [6.07, 6.45) is 6.63. The molecule has 1 aromatic carbocycles. The third kappa shape index (κ3) is 1.86. The first-order chi connectivity index (χ1) is 5.74. The molecule has 0 aromatic heterocycles. The maximum Gasteiger partial charge on any atom is 0.352 e. The highest BCUT2D eigenvalue weighted by Gasteiger charge is 2.03. The average Bonchev–Trinajstić information content (AvgIpc) is 2.06. The maximum absolute atomic E-state index is 11.0. The highest BCUT2D eigenvalue weighted by Crippen LogP contribution is 2.03. The Morgan fingerprint density at radius 1 is 1.50 bits per heavy atom. The summed E-state index contributed by atoms with van der Waals surface area (Å²) in [5.74, 6) is -0.488. The van der Waals surface area contributed by atoms with E-state index >= 15 is 0 Å². The zero-order chi connectivity index (χ0) is 8.97. The first-order valence-corrected chi connectivity index (χ1v) is 3.47. The van der Waals surface area contributed by atoms with Gasteiger partial charge in [0, 0.05) is 1.43 Å². The second-order valence-corrected chi connectivity index (χ2v) is 2.37. The molecule has 62 valence electrons. The Morgan fingerprint density at radius 2 is 2.08 bits per heavy atom. The van der Waals surface area contributed by atoms with Gasteiger partial charge in [-0.3, -0.25) is 0 Å². The lowest BCUT2D eigenvalue weighted by Gasteiger charge is -1.96. The number of hydrogen-bond acceptors (Lipinski definition) is 2. The van der Waals surface area contributed by atoms with Gasteiger partial charge in [0.1, 0.15) is 6.11 Å². The van der Waals surface area contributed by atoms with Gasteiger partial charge >= 0.3 is 5.97 Å². The van der Waals surface area contributed by atoms with Crippen LogP contribution in [-0.2, 0) is 4.74 Å². The summed E-state index contributed by atoms with van der Waals surface area (Å²) >= 11 is 0. The molecule has 1 rings (SSSR count). The number of carbonyl (C=O) groups excluding carboxylic acids is 1. The molecule has 0 heterocycles. The molecule has 0 N–H and O–H groups in total. The minimum atomic E-state index is -0.488. The monoisotopic (exact) mass is 162 g/mol. The van der Waals surface area contributed by atoms with E-state index in [-0.39, 0.29) is 1.43 Å². The van der Waals surface area contributed by atoms with Crippen molar-refractivity contribution in [2.75, 3.05) is 0 Å². The lowest BCUT2D eigenvalue weighted by Crippen LogP contribution is -1.99. The molecule has 0 bridgehead atoms. The van der Waals surface area contributed by atoms with Crippen LogP contribution in [0.2, 0.25) is 0 Å². The van der Waals surface area contributed by atoms with Crippen LogP contribution < -0.4 is 0 Å². The van der Waals surface area contributed by atoms with Gasteiger partial charge in [0.25, 0.3) is 0 Å². The van der Waals surface area contributed by atoms with Crippen LogP contribution in [0.5, 0.6) is 0 Å². The Labute approximate surface area is 72.7 Å². The van der Waals surface area contributed by atoms with E-state index in [1.165, 1.54) is 0 Å². The van der Waals surface area contributed by atoms with Crippen LogP contribution in [-0.4, -0.2) is 5.97 Å². The van der Waals surface area contributed by atoms with Crippen molar-refractivity contribution in [3.8, 4) is 12.5 Å². The van der Waals surface area contributed by atoms with Gasteiger partial charge in [0.15, 0.2) is 0 Å². The summed E-state index contributed by atoms with van der Waals surface area (Å²) in [5.41, 5.74) is 1.56. The van der Waals surface area contributed by atoms with Crippen LogP contribution in [0.25, 0.3) is 0 Å². The Kier molecular flexibility index (Phi) is 2.49. The largest absolute Gasteiger partial charge is 0.369 e. The molecular formula is C10H10O2.